The van der Waals surface area contributed by atoms with Crippen LogP contribution in [0.25, 0.3) is 0 Å². The van der Waals surface area contributed by atoms with E-state index in [2.05, 4.69) is 0 Å². The molecule has 1 fully saturated rings. The molecule has 0 aromatic rings. The van der Waals surface area contributed by atoms with E-state index in [-0.39, 0.29) is 18.8 Å². The van der Waals surface area contributed by atoms with Crippen LogP contribution in [0.1, 0.15) is 20.3 Å². The van der Waals surface area contributed by atoms with Gasteiger partial charge in [0.05, 0.1) is 17.9 Å². The lowest BCUT2D eigenvalue weighted by atomic mass is 10.1. The van der Waals surface area contributed by atoms with E-state index in [0.717, 1.165) is 0 Å². The molecule has 0 radical (unpaired) electrons. The number of ether oxygens (including phenoxy) is 1. The van der Waals surface area contributed by atoms with Crippen molar-refractivity contribution in [2.75, 3.05) is 12.4 Å². The lowest BCUT2D eigenvalue weighted by Crippen LogP contribution is -2.25. The summed E-state index contributed by atoms with van der Waals surface area (Å²) in [5.41, 5.74) is -1.44. The lowest BCUT2D eigenvalue weighted by Gasteiger charge is -2.07. The molecular weight excluding hydrogens is 218 g/mol. The molecule has 5 nitrogen and oxygen atoms in total. The van der Waals surface area contributed by atoms with E-state index in [1.165, 1.54) is 6.92 Å². The first-order chi connectivity index (χ1) is 6.94. The van der Waals surface area contributed by atoms with Crippen LogP contribution in [0.15, 0.2) is 0 Å². The molecule has 0 aliphatic heterocycles. The molecule has 0 saturated heterocycles. The Hall–Kier alpha value is -1.09. The van der Waals surface area contributed by atoms with Crippen LogP contribution in [-0.2, 0) is 19.4 Å². The zero-order valence-corrected chi connectivity index (χ0v) is 9.50. The molecule has 0 aromatic heterocycles. The number of carbonyl (C=O) groups is 1. The SMILES string of the molecule is CCOC(=O)[C@]1(C#N)C[C@@H]1S(=O)(=O)CC. The second kappa shape index (κ2) is 3.81. The summed E-state index contributed by atoms with van der Waals surface area (Å²) in [5, 5.41) is 7.99. The Balaban J connectivity index is 2.89. The summed E-state index contributed by atoms with van der Waals surface area (Å²) in [4.78, 5) is 11.4. The van der Waals surface area contributed by atoms with Gasteiger partial charge in [-0.1, -0.05) is 6.92 Å². The third-order valence-corrected chi connectivity index (χ3v) is 4.81. The predicted octanol–water partition coefficient (Wildman–Crippen LogP) is 0.266. The molecule has 0 N–H and O–H groups in total. The van der Waals surface area contributed by atoms with Gasteiger partial charge in [-0.25, -0.2) is 8.42 Å². The van der Waals surface area contributed by atoms with Crippen LogP contribution in [0.5, 0.6) is 0 Å². The van der Waals surface area contributed by atoms with Crippen molar-refractivity contribution in [3.05, 3.63) is 0 Å². The smallest absolute Gasteiger partial charge is 0.327 e. The minimum Gasteiger partial charge on any atom is -0.465 e. The largest absolute Gasteiger partial charge is 0.465 e. The van der Waals surface area contributed by atoms with Crippen LogP contribution in [0.4, 0.5) is 0 Å². The molecule has 1 rings (SSSR count). The number of sulfone groups is 1. The van der Waals surface area contributed by atoms with Crippen molar-refractivity contribution in [2.24, 2.45) is 5.41 Å². The fraction of sp³-hybridized carbons (Fsp3) is 0.778. The van der Waals surface area contributed by atoms with Crippen molar-refractivity contribution in [3.8, 4) is 6.07 Å². The van der Waals surface area contributed by atoms with Crippen LogP contribution >= 0.6 is 0 Å². The first kappa shape index (κ1) is 12.0. The Labute approximate surface area is 88.9 Å². The van der Waals surface area contributed by atoms with E-state index in [9.17, 15) is 13.2 Å². The number of rotatable bonds is 4. The molecule has 0 bridgehead atoms. The molecule has 15 heavy (non-hydrogen) atoms. The topological polar surface area (TPSA) is 84.2 Å². The van der Waals surface area contributed by atoms with Gasteiger partial charge in [-0.2, -0.15) is 5.26 Å². The van der Waals surface area contributed by atoms with E-state index in [1.807, 2.05) is 0 Å². The first-order valence-electron chi connectivity index (χ1n) is 4.74. The number of nitriles is 1. The maximum absolute atomic E-state index is 11.5. The van der Waals surface area contributed by atoms with Crippen molar-refractivity contribution < 1.29 is 17.9 Å². The summed E-state index contributed by atoms with van der Waals surface area (Å²) >= 11 is 0. The first-order valence-corrected chi connectivity index (χ1v) is 6.46. The number of esters is 1. The van der Waals surface area contributed by atoms with E-state index < -0.39 is 26.5 Å². The van der Waals surface area contributed by atoms with Crippen molar-refractivity contribution in [2.45, 2.75) is 25.5 Å². The van der Waals surface area contributed by atoms with E-state index in [1.54, 1.807) is 13.0 Å². The second-order valence-electron chi connectivity index (χ2n) is 3.45. The molecule has 0 spiro atoms. The van der Waals surface area contributed by atoms with E-state index in [0.29, 0.717) is 0 Å². The van der Waals surface area contributed by atoms with Gasteiger partial charge >= 0.3 is 5.97 Å². The maximum atomic E-state index is 11.5. The Morgan fingerprint density at radius 3 is 2.60 bits per heavy atom. The molecular formula is C9H13NO4S. The Kier molecular flexibility index (Phi) is 3.05. The van der Waals surface area contributed by atoms with Crippen molar-refractivity contribution >= 4 is 15.8 Å². The Bertz CT molecular complexity index is 408. The van der Waals surface area contributed by atoms with Gasteiger partial charge in [-0.3, -0.25) is 4.79 Å². The van der Waals surface area contributed by atoms with Crippen molar-refractivity contribution in [1.29, 1.82) is 5.26 Å². The highest BCUT2D eigenvalue weighted by atomic mass is 32.2. The van der Waals surface area contributed by atoms with E-state index in [4.69, 9.17) is 10.00 Å². The van der Waals surface area contributed by atoms with Gasteiger partial charge in [-0.05, 0) is 13.3 Å². The fourth-order valence-corrected chi connectivity index (χ4v) is 3.19. The average molecular weight is 231 g/mol. The molecule has 0 unspecified atom stereocenters. The fourth-order valence-electron chi connectivity index (χ4n) is 1.51. The summed E-state index contributed by atoms with van der Waals surface area (Å²) < 4.78 is 27.7. The van der Waals surface area contributed by atoms with Crippen LogP contribution in [0.3, 0.4) is 0 Å². The second-order valence-corrected chi connectivity index (χ2v) is 5.92. The van der Waals surface area contributed by atoms with Crippen LogP contribution in [-0.4, -0.2) is 32.0 Å². The summed E-state index contributed by atoms with van der Waals surface area (Å²) in [6, 6.07) is 1.77. The number of hydrogen-bond donors (Lipinski definition) is 0. The van der Waals surface area contributed by atoms with Gasteiger partial charge in [0.15, 0.2) is 15.3 Å². The van der Waals surface area contributed by atoms with Crippen LogP contribution in [0, 0.1) is 16.7 Å². The molecule has 0 amide bonds. The number of nitrogens with zero attached hydrogens (tertiary/aromatic N) is 1. The highest BCUT2D eigenvalue weighted by molar-refractivity contribution is 7.92. The Morgan fingerprint density at radius 2 is 2.20 bits per heavy atom. The van der Waals surface area contributed by atoms with Crippen LogP contribution in [0.2, 0.25) is 0 Å². The molecule has 84 valence electrons. The third-order valence-electron chi connectivity index (χ3n) is 2.57. The maximum Gasteiger partial charge on any atom is 0.327 e. The average Bonchev–Trinajstić information content (AvgIpc) is 2.95. The predicted molar refractivity (Wildman–Crippen MR) is 52.5 cm³/mol. The quantitative estimate of drug-likeness (QED) is 0.648. The highest BCUT2D eigenvalue weighted by Crippen LogP contribution is 2.51. The van der Waals surface area contributed by atoms with E-state index >= 15 is 0 Å². The monoisotopic (exact) mass is 231 g/mol. The number of carbonyl (C=O) groups excluding carboxylic acids is 1. The van der Waals surface area contributed by atoms with Gasteiger partial charge in [0.1, 0.15) is 0 Å². The summed E-state index contributed by atoms with van der Waals surface area (Å²) in [7, 11) is -3.33. The molecule has 0 heterocycles. The van der Waals surface area contributed by atoms with Crippen molar-refractivity contribution in [3.63, 3.8) is 0 Å². The minimum atomic E-state index is -3.33. The Morgan fingerprint density at radius 1 is 1.60 bits per heavy atom. The normalized spacial score (nSPS) is 29.3. The lowest BCUT2D eigenvalue weighted by molar-refractivity contribution is -0.147. The summed E-state index contributed by atoms with van der Waals surface area (Å²) in [6.07, 6.45) is 0.0680. The van der Waals surface area contributed by atoms with Gasteiger partial charge in [0, 0.05) is 5.75 Å². The minimum absolute atomic E-state index is 0.0551. The van der Waals surface area contributed by atoms with Gasteiger partial charge in [-0.15, -0.1) is 0 Å². The molecule has 2 atom stereocenters. The zero-order valence-electron chi connectivity index (χ0n) is 8.69. The summed E-state index contributed by atoms with van der Waals surface area (Å²) in [5.74, 6) is -0.768. The highest BCUT2D eigenvalue weighted by Gasteiger charge is 2.67. The number of hydrogen-bond acceptors (Lipinski definition) is 5. The van der Waals surface area contributed by atoms with Gasteiger partial charge in [0.25, 0.3) is 0 Å². The molecule has 1 saturated carbocycles. The molecule has 6 heteroatoms. The standard InChI is InChI=1S/C9H13NO4S/c1-3-14-8(11)9(6-10)5-7(9)15(12,13)4-2/h7H,3-5H2,1-2H3/t7-,9-/m0/s1. The summed E-state index contributed by atoms with van der Waals surface area (Å²) in [6.45, 7) is 3.27. The third kappa shape index (κ3) is 1.84. The van der Waals surface area contributed by atoms with Crippen molar-refractivity contribution in [1.82, 2.24) is 0 Å². The zero-order chi connectivity index (χ0) is 11.7. The van der Waals surface area contributed by atoms with Gasteiger partial charge in [0.2, 0.25) is 0 Å². The van der Waals surface area contributed by atoms with Gasteiger partial charge < -0.3 is 4.74 Å². The molecule has 1 aliphatic rings. The molecule has 0 aromatic carbocycles. The van der Waals surface area contributed by atoms with Crippen LogP contribution < -0.4 is 0 Å². The molecule has 1 aliphatic carbocycles.